The number of para-hydroxylation sites is 1. The Bertz CT molecular complexity index is 1460. The molecule has 0 aromatic heterocycles. The molecule has 0 bridgehead atoms. The number of nitrogens with zero attached hydrogens (tertiary/aromatic N) is 1. The number of benzene rings is 4. The Morgan fingerprint density at radius 1 is 0.973 bits per heavy atom. The fourth-order valence-electron chi connectivity index (χ4n) is 5.42. The highest BCUT2D eigenvalue weighted by Gasteiger charge is 2.37. The predicted molar refractivity (Wildman–Crippen MR) is 156 cm³/mol. The van der Waals surface area contributed by atoms with Crippen LogP contribution < -0.4 is 10.1 Å². The van der Waals surface area contributed by atoms with E-state index in [1.54, 1.807) is 0 Å². The van der Waals surface area contributed by atoms with E-state index in [0.29, 0.717) is 24.5 Å². The van der Waals surface area contributed by atoms with E-state index in [9.17, 15) is 0 Å². The summed E-state index contributed by atoms with van der Waals surface area (Å²) in [6.07, 6.45) is 7.73. The smallest absolute Gasteiger partial charge is 0.128 e. The number of rotatable bonds is 6. The van der Waals surface area contributed by atoms with Gasteiger partial charge in [0.05, 0.1) is 11.7 Å². The molecule has 3 atom stereocenters. The second kappa shape index (κ2) is 10.4. The molecular weight excluding hydrogens is 520 g/mol. The summed E-state index contributed by atoms with van der Waals surface area (Å²) in [6.45, 7) is 2.69. The van der Waals surface area contributed by atoms with Crippen LogP contribution in [-0.2, 0) is 6.61 Å². The van der Waals surface area contributed by atoms with Crippen molar-refractivity contribution in [1.82, 2.24) is 0 Å². The zero-order valence-electron chi connectivity index (χ0n) is 20.8. The second-order valence-electron chi connectivity index (χ2n) is 9.87. The van der Waals surface area contributed by atoms with Crippen molar-refractivity contribution in [3.8, 4) is 5.75 Å². The fourth-order valence-corrected chi connectivity index (χ4v) is 5.68. The van der Waals surface area contributed by atoms with E-state index in [1.807, 2.05) is 42.6 Å². The number of aliphatic imine (C=N–C) groups is 1. The topological polar surface area (TPSA) is 33.6 Å². The van der Waals surface area contributed by atoms with Crippen LogP contribution in [0.3, 0.4) is 0 Å². The SMILES string of the molecule is Cc1ccc2c(c1)[C@@H]1C=CC[C@H]1[C@@H](c1ccc(N=Cc3ccccc3OCc3ccc(Br)cc3)cc1)N2. The first kappa shape index (κ1) is 23.7. The molecule has 4 heteroatoms. The number of halogens is 1. The van der Waals surface area contributed by atoms with Crippen LogP contribution in [0.4, 0.5) is 11.4 Å². The summed E-state index contributed by atoms with van der Waals surface area (Å²) in [4.78, 5) is 4.76. The summed E-state index contributed by atoms with van der Waals surface area (Å²) in [5.41, 5.74) is 8.33. The van der Waals surface area contributed by atoms with Crippen LogP contribution in [0.25, 0.3) is 0 Å². The van der Waals surface area contributed by atoms with Gasteiger partial charge >= 0.3 is 0 Å². The van der Waals surface area contributed by atoms with Crippen LogP contribution in [0.15, 0.2) is 113 Å². The number of fused-ring (bicyclic) bond motifs is 3. The van der Waals surface area contributed by atoms with Crippen molar-refractivity contribution in [2.45, 2.75) is 31.9 Å². The standard InChI is InChI=1S/C33H29BrN2O/c1-22-9-18-31-30(19-22)28-6-4-7-29(28)33(36-31)24-12-16-27(17-13-24)35-20-25-5-2-3-8-32(25)37-21-23-10-14-26(34)15-11-23/h2-6,8-20,28-29,33,36H,7,21H2,1H3/t28-,29-,33-/m1/s1. The Balaban J connectivity index is 1.17. The van der Waals surface area contributed by atoms with Gasteiger partial charge in [0.1, 0.15) is 12.4 Å². The first-order chi connectivity index (χ1) is 18.1. The number of hydrogen-bond donors (Lipinski definition) is 1. The van der Waals surface area contributed by atoms with Crippen molar-refractivity contribution in [2.75, 3.05) is 5.32 Å². The van der Waals surface area contributed by atoms with Gasteiger partial charge in [0.2, 0.25) is 0 Å². The maximum atomic E-state index is 6.11. The summed E-state index contributed by atoms with van der Waals surface area (Å²) < 4.78 is 7.17. The predicted octanol–water partition coefficient (Wildman–Crippen LogP) is 8.91. The Morgan fingerprint density at radius 2 is 1.78 bits per heavy atom. The monoisotopic (exact) mass is 548 g/mol. The van der Waals surface area contributed by atoms with Gasteiger partial charge < -0.3 is 10.1 Å². The summed E-state index contributed by atoms with van der Waals surface area (Å²) in [5.74, 6) is 1.84. The van der Waals surface area contributed by atoms with Crippen LogP contribution in [0.2, 0.25) is 0 Å². The molecule has 1 heterocycles. The Morgan fingerprint density at radius 3 is 2.62 bits per heavy atom. The molecule has 1 aliphatic heterocycles. The fraction of sp³-hybridized carbons (Fsp3) is 0.182. The van der Waals surface area contributed by atoms with Crippen LogP contribution >= 0.6 is 15.9 Å². The molecule has 2 aliphatic rings. The number of aryl methyl sites for hydroxylation is 1. The molecule has 0 fully saturated rings. The number of anilines is 1. The second-order valence-corrected chi connectivity index (χ2v) is 10.8. The minimum atomic E-state index is 0.293. The van der Waals surface area contributed by atoms with Gasteiger partial charge in [0.15, 0.2) is 0 Å². The molecule has 0 unspecified atom stereocenters. The van der Waals surface area contributed by atoms with E-state index in [0.717, 1.165) is 33.5 Å². The normalized spacial score (nSPS) is 19.9. The summed E-state index contributed by atoms with van der Waals surface area (Å²) >= 11 is 3.48. The third-order valence-electron chi connectivity index (χ3n) is 7.35. The van der Waals surface area contributed by atoms with Crippen LogP contribution in [-0.4, -0.2) is 6.21 Å². The van der Waals surface area contributed by atoms with Gasteiger partial charge in [-0.3, -0.25) is 4.99 Å². The minimum Gasteiger partial charge on any atom is -0.488 e. The van der Waals surface area contributed by atoms with E-state index in [1.165, 1.54) is 22.4 Å². The number of hydrogen-bond acceptors (Lipinski definition) is 3. The average Bonchev–Trinajstić information content (AvgIpc) is 3.43. The molecule has 184 valence electrons. The van der Waals surface area contributed by atoms with E-state index in [4.69, 9.17) is 9.73 Å². The van der Waals surface area contributed by atoms with Crippen molar-refractivity contribution in [3.05, 3.63) is 135 Å². The molecule has 4 aromatic rings. The molecule has 4 aromatic carbocycles. The molecule has 1 N–H and O–H groups in total. The number of nitrogens with one attached hydrogen (secondary N) is 1. The average molecular weight is 550 g/mol. The van der Waals surface area contributed by atoms with E-state index in [2.05, 4.69) is 94.9 Å². The Kier molecular flexibility index (Phi) is 6.67. The lowest BCUT2D eigenvalue weighted by atomic mass is 9.76. The highest BCUT2D eigenvalue weighted by atomic mass is 79.9. The van der Waals surface area contributed by atoms with Gasteiger partial charge in [-0.2, -0.15) is 0 Å². The maximum absolute atomic E-state index is 6.11. The molecule has 0 radical (unpaired) electrons. The first-order valence-corrected chi connectivity index (χ1v) is 13.6. The van der Waals surface area contributed by atoms with Crippen molar-refractivity contribution >= 4 is 33.5 Å². The Hall–Kier alpha value is -3.63. The molecule has 0 amide bonds. The lowest BCUT2D eigenvalue weighted by Gasteiger charge is -2.37. The molecule has 3 nitrogen and oxygen atoms in total. The highest BCUT2D eigenvalue weighted by molar-refractivity contribution is 9.10. The van der Waals surface area contributed by atoms with Gasteiger partial charge in [-0.05, 0) is 78.4 Å². The van der Waals surface area contributed by atoms with Crippen molar-refractivity contribution in [1.29, 1.82) is 0 Å². The minimum absolute atomic E-state index is 0.293. The van der Waals surface area contributed by atoms with Gasteiger partial charge in [-0.1, -0.05) is 82.2 Å². The number of allylic oxidation sites excluding steroid dienone is 2. The largest absolute Gasteiger partial charge is 0.488 e. The van der Waals surface area contributed by atoms with Crippen molar-refractivity contribution < 1.29 is 4.74 Å². The van der Waals surface area contributed by atoms with Gasteiger partial charge in [-0.25, -0.2) is 0 Å². The highest BCUT2D eigenvalue weighted by Crippen LogP contribution is 2.50. The zero-order chi connectivity index (χ0) is 25.2. The van der Waals surface area contributed by atoms with Crippen LogP contribution in [0.5, 0.6) is 5.75 Å². The molecule has 0 spiro atoms. The third-order valence-corrected chi connectivity index (χ3v) is 7.88. The van der Waals surface area contributed by atoms with E-state index >= 15 is 0 Å². The van der Waals surface area contributed by atoms with Gasteiger partial charge in [0.25, 0.3) is 0 Å². The molecule has 37 heavy (non-hydrogen) atoms. The van der Waals surface area contributed by atoms with Crippen LogP contribution in [0, 0.1) is 12.8 Å². The summed E-state index contributed by atoms with van der Waals surface area (Å²) in [6, 6.07) is 31.9. The third kappa shape index (κ3) is 5.12. The van der Waals surface area contributed by atoms with Crippen molar-refractivity contribution in [2.24, 2.45) is 10.9 Å². The van der Waals surface area contributed by atoms with Gasteiger partial charge in [-0.15, -0.1) is 0 Å². The zero-order valence-corrected chi connectivity index (χ0v) is 22.4. The summed E-state index contributed by atoms with van der Waals surface area (Å²) in [7, 11) is 0. The molecule has 0 saturated heterocycles. The van der Waals surface area contributed by atoms with Crippen molar-refractivity contribution in [3.63, 3.8) is 0 Å². The number of ether oxygens (including phenoxy) is 1. The maximum Gasteiger partial charge on any atom is 0.128 e. The molecular formula is C33H29BrN2O. The van der Waals surface area contributed by atoms with E-state index in [-0.39, 0.29) is 0 Å². The molecule has 0 saturated carbocycles. The summed E-state index contributed by atoms with van der Waals surface area (Å²) in [5, 5.41) is 3.83. The van der Waals surface area contributed by atoms with E-state index < -0.39 is 0 Å². The Labute approximate surface area is 227 Å². The quantitative estimate of drug-likeness (QED) is 0.192. The first-order valence-electron chi connectivity index (χ1n) is 12.8. The van der Waals surface area contributed by atoms with Crippen LogP contribution in [0.1, 0.15) is 46.2 Å². The lowest BCUT2D eigenvalue weighted by Crippen LogP contribution is -2.29. The lowest BCUT2D eigenvalue weighted by molar-refractivity contribution is 0.306. The molecule has 1 aliphatic carbocycles. The molecule has 6 rings (SSSR count). The van der Waals surface area contributed by atoms with Gasteiger partial charge in [0, 0.05) is 27.9 Å².